The summed E-state index contributed by atoms with van der Waals surface area (Å²) in [5.74, 6) is 0.0213. The van der Waals surface area contributed by atoms with Crippen LogP contribution in [-0.2, 0) is 11.2 Å². The van der Waals surface area contributed by atoms with E-state index in [1.807, 2.05) is 48.5 Å². The third kappa shape index (κ3) is 3.86. The number of para-hydroxylation sites is 1. The number of amides is 1. The van der Waals surface area contributed by atoms with Gasteiger partial charge in [-0.05, 0) is 30.5 Å². The first-order valence-electron chi connectivity index (χ1n) is 9.52. The average Bonchev–Trinajstić information content (AvgIpc) is 3.29. The van der Waals surface area contributed by atoms with Crippen molar-refractivity contribution in [3.63, 3.8) is 0 Å². The Morgan fingerprint density at radius 3 is 2.61 bits per heavy atom. The third-order valence-electron chi connectivity index (χ3n) is 5.19. The van der Waals surface area contributed by atoms with Crippen LogP contribution in [0.3, 0.4) is 0 Å². The first-order valence-corrected chi connectivity index (χ1v) is 9.52. The summed E-state index contributed by atoms with van der Waals surface area (Å²) < 4.78 is 1.59. The van der Waals surface area contributed by atoms with Gasteiger partial charge in [0.05, 0.1) is 11.3 Å². The fourth-order valence-corrected chi connectivity index (χ4v) is 3.72. The minimum atomic E-state index is -0.114. The highest BCUT2D eigenvalue weighted by Crippen LogP contribution is 2.23. The summed E-state index contributed by atoms with van der Waals surface area (Å²) in [6, 6.07) is 17.1. The zero-order valence-corrected chi connectivity index (χ0v) is 15.6. The van der Waals surface area contributed by atoms with Crippen molar-refractivity contribution in [1.29, 1.82) is 0 Å². The van der Waals surface area contributed by atoms with E-state index in [0.717, 1.165) is 18.4 Å². The van der Waals surface area contributed by atoms with Gasteiger partial charge in [0.2, 0.25) is 0 Å². The van der Waals surface area contributed by atoms with E-state index in [1.54, 1.807) is 22.0 Å². The molecule has 1 atom stereocenters. The molecule has 1 aromatic heterocycles. The zero-order valence-electron chi connectivity index (χ0n) is 15.6. The van der Waals surface area contributed by atoms with Crippen LogP contribution in [0.1, 0.15) is 28.8 Å². The standard InChI is InChI=1S/C22H22N4O2/c27-21(13-17-7-2-1-3-8-17)18-9-6-12-25(14-18)22(28)19-10-4-5-11-20(19)26-16-23-15-24-26/h1-5,7-8,10-11,15-16,18H,6,9,12-14H2. The summed E-state index contributed by atoms with van der Waals surface area (Å²) in [5.41, 5.74) is 2.29. The molecule has 0 aliphatic carbocycles. The van der Waals surface area contributed by atoms with Crippen molar-refractivity contribution < 1.29 is 9.59 Å². The maximum absolute atomic E-state index is 13.2. The van der Waals surface area contributed by atoms with Crippen molar-refractivity contribution in [1.82, 2.24) is 19.7 Å². The molecule has 6 nitrogen and oxygen atoms in total. The summed E-state index contributed by atoms with van der Waals surface area (Å²) in [6.45, 7) is 1.13. The number of nitrogens with zero attached hydrogens (tertiary/aromatic N) is 4. The van der Waals surface area contributed by atoms with Crippen LogP contribution in [0.2, 0.25) is 0 Å². The van der Waals surface area contributed by atoms with Crippen LogP contribution in [-0.4, -0.2) is 44.4 Å². The quantitative estimate of drug-likeness (QED) is 0.689. The van der Waals surface area contributed by atoms with Gasteiger partial charge < -0.3 is 4.90 Å². The second-order valence-electron chi connectivity index (χ2n) is 7.08. The molecule has 0 radical (unpaired) electrons. The van der Waals surface area contributed by atoms with E-state index in [1.165, 1.54) is 6.33 Å². The van der Waals surface area contributed by atoms with Crippen molar-refractivity contribution in [3.05, 3.63) is 78.4 Å². The molecular weight excluding hydrogens is 352 g/mol. The number of hydrogen-bond acceptors (Lipinski definition) is 4. The van der Waals surface area contributed by atoms with Crippen molar-refractivity contribution in [3.8, 4) is 5.69 Å². The molecule has 0 bridgehead atoms. The summed E-state index contributed by atoms with van der Waals surface area (Å²) in [7, 11) is 0. The van der Waals surface area contributed by atoms with Gasteiger partial charge in [0.1, 0.15) is 18.4 Å². The van der Waals surface area contributed by atoms with Crippen molar-refractivity contribution >= 4 is 11.7 Å². The molecule has 1 saturated heterocycles. The molecule has 1 unspecified atom stereocenters. The van der Waals surface area contributed by atoms with Crippen molar-refractivity contribution in [2.24, 2.45) is 5.92 Å². The Morgan fingerprint density at radius 1 is 1.04 bits per heavy atom. The molecule has 2 aromatic carbocycles. The van der Waals surface area contributed by atoms with Gasteiger partial charge in [-0.2, -0.15) is 5.10 Å². The molecule has 28 heavy (non-hydrogen) atoms. The SMILES string of the molecule is O=C(Cc1ccccc1)C1CCCN(C(=O)c2ccccc2-n2cncn2)C1. The molecule has 6 heteroatoms. The van der Waals surface area contributed by atoms with Crippen LogP contribution in [0, 0.1) is 5.92 Å². The van der Waals surface area contributed by atoms with Gasteiger partial charge in [-0.3, -0.25) is 9.59 Å². The molecular formula is C22H22N4O2. The number of carbonyl (C=O) groups is 2. The number of carbonyl (C=O) groups excluding carboxylic acids is 2. The van der Waals surface area contributed by atoms with E-state index in [-0.39, 0.29) is 17.6 Å². The van der Waals surface area contributed by atoms with E-state index in [9.17, 15) is 9.59 Å². The summed E-state index contributed by atoms with van der Waals surface area (Å²) in [5, 5.41) is 4.15. The van der Waals surface area contributed by atoms with E-state index in [4.69, 9.17) is 0 Å². The minimum Gasteiger partial charge on any atom is -0.338 e. The number of aromatic nitrogens is 3. The van der Waals surface area contributed by atoms with Crippen molar-refractivity contribution in [2.45, 2.75) is 19.3 Å². The molecule has 4 rings (SSSR count). The van der Waals surface area contributed by atoms with E-state index >= 15 is 0 Å². The predicted molar refractivity (Wildman–Crippen MR) is 105 cm³/mol. The van der Waals surface area contributed by atoms with Crippen LogP contribution in [0.15, 0.2) is 67.3 Å². The lowest BCUT2D eigenvalue weighted by atomic mass is 9.90. The van der Waals surface area contributed by atoms with Crippen molar-refractivity contribution in [2.75, 3.05) is 13.1 Å². The molecule has 1 amide bonds. The second-order valence-corrected chi connectivity index (χ2v) is 7.08. The first-order chi connectivity index (χ1) is 13.7. The molecule has 1 aliphatic heterocycles. The van der Waals surface area contributed by atoms with Crippen LogP contribution in [0.5, 0.6) is 0 Å². The fourth-order valence-electron chi connectivity index (χ4n) is 3.72. The Balaban J connectivity index is 1.49. The Bertz CT molecular complexity index is 954. The summed E-state index contributed by atoms with van der Waals surface area (Å²) in [6.07, 6.45) is 5.11. The lowest BCUT2D eigenvalue weighted by molar-refractivity contribution is -0.123. The number of rotatable bonds is 5. The predicted octanol–water partition coefficient (Wildman–Crippen LogP) is 2.93. The number of likely N-dealkylation sites (tertiary alicyclic amines) is 1. The van der Waals surface area contributed by atoms with E-state index < -0.39 is 0 Å². The van der Waals surface area contributed by atoms with Gasteiger partial charge in [0.15, 0.2) is 0 Å². The smallest absolute Gasteiger partial charge is 0.256 e. The highest BCUT2D eigenvalue weighted by atomic mass is 16.2. The number of hydrogen-bond donors (Lipinski definition) is 0. The molecule has 1 fully saturated rings. The molecule has 142 valence electrons. The normalized spacial score (nSPS) is 16.7. The Kier molecular flexibility index (Phi) is 5.28. The third-order valence-corrected chi connectivity index (χ3v) is 5.19. The molecule has 0 spiro atoms. The van der Waals surface area contributed by atoms with E-state index in [0.29, 0.717) is 30.8 Å². The van der Waals surface area contributed by atoms with Gasteiger partial charge in [-0.25, -0.2) is 9.67 Å². The Morgan fingerprint density at radius 2 is 1.82 bits per heavy atom. The number of benzene rings is 2. The van der Waals surface area contributed by atoms with Gasteiger partial charge in [0, 0.05) is 25.4 Å². The number of Topliss-reactive ketones (excluding diaryl/α,β-unsaturated/α-hetero) is 1. The minimum absolute atomic E-state index is 0.0664. The lowest BCUT2D eigenvalue weighted by Gasteiger charge is -2.32. The highest BCUT2D eigenvalue weighted by Gasteiger charge is 2.29. The second kappa shape index (κ2) is 8.17. The van der Waals surface area contributed by atoms with Gasteiger partial charge in [-0.15, -0.1) is 0 Å². The van der Waals surface area contributed by atoms with Gasteiger partial charge in [-0.1, -0.05) is 42.5 Å². The monoisotopic (exact) mass is 374 g/mol. The molecule has 2 heterocycles. The number of piperidine rings is 1. The van der Waals surface area contributed by atoms with Gasteiger partial charge in [0.25, 0.3) is 5.91 Å². The fraction of sp³-hybridized carbons (Fsp3) is 0.273. The highest BCUT2D eigenvalue weighted by molar-refractivity contribution is 5.98. The largest absolute Gasteiger partial charge is 0.338 e. The zero-order chi connectivity index (χ0) is 19.3. The topological polar surface area (TPSA) is 68.1 Å². The van der Waals surface area contributed by atoms with Crippen LogP contribution >= 0.6 is 0 Å². The summed E-state index contributed by atoms with van der Waals surface area (Å²) in [4.78, 5) is 31.7. The Hall–Kier alpha value is -3.28. The molecule has 0 saturated carbocycles. The lowest BCUT2D eigenvalue weighted by Crippen LogP contribution is -2.43. The summed E-state index contributed by atoms with van der Waals surface area (Å²) >= 11 is 0. The van der Waals surface area contributed by atoms with Gasteiger partial charge >= 0.3 is 0 Å². The molecule has 0 N–H and O–H groups in total. The Labute approximate surface area is 163 Å². The average molecular weight is 374 g/mol. The maximum Gasteiger partial charge on any atom is 0.256 e. The van der Waals surface area contributed by atoms with Crippen LogP contribution < -0.4 is 0 Å². The number of ketones is 1. The first kappa shape index (κ1) is 18.1. The van der Waals surface area contributed by atoms with E-state index in [2.05, 4.69) is 10.1 Å². The van der Waals surface area contributed by atoms with Crippen LogP contribution in [0.25, 0.3) is 5.69 Å². The molecule has 1 aliphatic rings. The maximum atomic E-state index is 13.2. The van der Waals surface area contributed by atoms with Crippen LogP contribution in [0.4, 0.5) is 0 Å². The molecule has 3 aromatic rings.